The summed E-state index contributed by atoms with van der Waals surface area (Å²) in [5.41, 5.74) is 1.30. The Bertz CT molecular complexity index is 1040. The van der Waals surface area contributed by atoms with Crippen LogP contribution in [0.15, 0.2) is 41.3 Å². The molecule has 0 bridgehead atoms. The molecule has 3 aromatic rings. The van der Waals surface area contributed by atoms with Gasteiger partial charge in [0.2, 0.25) is 0 Å². The Hall–Kier alpha value is -2.80. The fourth-order valence-electron chi connectivity index (χ4n) is 2.66. The van der Waals surface area contributed by atoms with Crippen LogP contribution in [0.25, 0.3) is 5.65 Å². The Morgan fingerprint density at radius 1 is 1.19 bits per heavy atom. The second-order valence-corrected chi connectivity index (χ2v) is 7.39. The number of carbonyl (C=O) groups excluding carboxylic acids is 2. The highest BCUT2D eigenvalue weighted by molar-refractivity contribution is 7.12. The molecule has 0 radical (unpaired) electrons. The molecule has 0 unspecified atom stereocenters. The van der Waals surface area contributed by atoms with Gasteiger partial charge in [-0.25, -0.2) is 4.98 Å². The first-order valence-electron chi connectivity index (χ1n) is 8.17. The number of esters is 1. The average Bonchev–Trinajstić information content (AvgIpc) is 2.96. The predicted octanol–water partition coefficient (Wildman–Crippen LogP) is 3.08. The number of hydrogen-bond donors (Lipinski definition) is 0. The minimum atomic E-state index is -0.488. The van der Waals surface area contributed by atoms with Gasteiger partial charge in [-0.2, -0.15) is 0 Å². The summed E-state index contributed by atoms with van der Waals surface area (Å²) in [6.45, 7) is 3.75. The molecule has 3 aromatic heterocycles. The van der Waals surface area contributed by atoms with E-state index in [9.17, 15) is 14.4 Å². The van der Waals surface area contributed by atoms with E-state index in [1.54, 1.807) is 35.7 Å². The van der Waals surface area contributed by atoms with E-state index in [-0.39, 0.29) is 30.8 Å². The number of hydrogen-bond acceptors (Lipinski definition) is 6. The van der Waals surface area contributed by atoms with E-state index in [0.717, 1.165) is 9.75 Å². The van der Waals surface area contributed by atoms with E-state index < -0.39 is 5.97 Å². The first-order chi connectivity index (χ1) is 12.4. The van der Waals surface area contributed by atoms with Crippen molar-refractivity contribution in [2.75, 3.05) is 0 Å². The maximum absolute atomic E-state index is 12.2. The highest BCUT2D eigenvalue weighted by Gasteiger charge is 2.14. The Balaban J connectivity index is 1.57. The van der Waals surface area contributed by atoms with E-state index in [2.05, 4.69) is 4.98 Å². The monoisotopic (exact) mass is 370 g/mol. The smallest absolute Gasteiger partial charge is 0.306 e. The Morgan fingerprint density at radius 3 is 2.73 bits per heavy atom. The zero-order valence-corrected chi connectivity index (χ0v) is 15.3. The zero-order valence-electron chi connectivity index (χ0n) is 14.5. The van der Waals surface area contributed by atoms with Gasteiger partial charge in [0.25, 0.3) is 5.56 Å². The number of pyridine rings is 1. The second-order valence-electron chi connectivity index (χ2n) is 5.93. The number of Topliss-reactive ketones (excluding diaryl/α,β-unsaturated/α-hetero) is 1. The molecule has 3 rings (SSSR count). The minimum Gasteiger partial charge on any atom is -0.459 e. The zero-order chi connectivity index (χ0) is 18.7. The normalized spacial score (nSPS) is 10.8. The topological polar surface area (TPSA) is 77.7 Å². The molecule has 26 heavy (non-hydrogen) atoms. The first kappa shape index (κ1) is 18.0. The summed E-state index contributed by atoms with van der Waals surface area (Å²) in [6.07, 6.45) is 1.73. The molecule has 0 aromatic carbocycles. The van der Waals surface area contributed by atoms with Gasteiger partial charge in [-0.05, 0) is 32.0 Å². The van der Waals surface area contributed by atoms with Gasteiger partial charge >= 0.3 is 5.97 Å². The van der Waals surface area contributed by atoms with Crippen LogP contribution < -0.4 is 5.56 Å². The number of aryl methyl sites for hydroxylation is 2. The molecule has 0 aliphatic rings. The van der Waals surface area contributed by atoms with Crippen LogP contribution in [0.2, 0.25) is 0 Å². The molecule has 0 saturated carbocycles. The molecule has 0 N–H and O–H groups in total. The van der Waals surface area contributed by atoms with Crippen LogP contribution in [-0.2, 0) is 16.1 Å². The van der Waals surface area contributed by atoms with Gasteiger partial charge in [-0.3, -0.25) is 18.8 Å². The van der Waals surface area contributed by atoms with E-state index in [0.29, 0.717) is 16.9 Å². The van der Waals surface area contributed by atoms with Crippen molar-refractivity contribution >= 4 is 28.7 Å². The minimum absolute atomic E-state index is 0.000267. The molecule has 6 nitrogen and oxygen atoms in total. The van der Waals surface area contributed by atoms with Gasteiger partial charge < -0.3 is 4.74 Å². The van der Waals surface area contributed by atoms with Crippen molar-refractivity contribution in [1.29, 1.82) is 0 Å². The summed E-state index contributed by atoms with van der Waals surface area (Å²) in [5, 5.41) is 0. The van der Waals surface area contributed by atoms with Crippen LogP contribution in [0, 0.1) is 13.8 Å². The number of aromatic nitrogens is 2. The lowest BCUT2D eigenvalue weighted by atomic mass is 10.1. The largest absolute Gasteiger partial charge is 0.459 e. The predicted molar refractivity (Wildman–Crippen MR) is 98.6 cm³/mol. The molecule has 3 heterocycles. The van der Waals surface area contributed by atoms with E-state index in [1.165, 1.54) is 10.5 Å². The molecule has 7 heteroatoms. The molecule has 134 valence electrons. The summed E-state index contributed by atoms with van der Waals surface area (Å²) in [6, 6.07) is 8.40. The van der Waals surface area contributed by atoms with Crippen LogP contribution in [-0.4, -0.2) is 21.1 Å². The van der Waals surface area contributed by atoms with Crippen LogP contribution >= 0.6 is 11.3 Å². The van der Waals surface area contributed by atoms with Crippen molar-refractivity contribution in [2.24, 2.45) is 0 Å². The Kier molecular flexibility index (Phi) is 5.27. The molecule has 0 saturated heterocycles. The lowest BCUT2D eigenvalue weighted by Gasteiger charge is -2.06. The maximum Gasteiger partial charge on any atom is 0.306 e. The molecule has 0 aliphatic heterocycles. The Labute approximate surface area is 154 Å². The van der Waals surface area contributed by atoms with Crippen LogP contribution in [0.3, 0.4) is 0 Å². The molecule has 0 atom stereocenters. The molecular formula is C19H18N2O4S. The third-order valence-electron chi connectivity index (χ3n) is 3.90. The third kappa shape index (κ3) is 4.05. The highest BCUT2D eigenvalue weighted by Crippen LogP contribution is 2.22. The van der Waals surface area contributed by atoms with Crippen molar-refractivity contribution < 1.29 is 14.3 Å². The standard InChI is InChI=1S/C19H18N2O4S/c1-12-9-15(13(2)26-12)16(22)6-7-19(24)25-11-14-10-18(23)21-8-4-3-5-17(21)20-14/h3-5,8-10H,6-7,11H2,1-2H3. The van der Waals surface area contributed by atoms with Gasteiger partial charge in [0.05, 0.1) is 12.1 Å². The number of ether oxygens (including phenoxy) is 1. The van der Waals surface area contributed by atoms with Crippen molar-refractivity contribution in [1.82, 2.24) is 9.38 Å². The fraction of sp³-hybridized carbons (Fsp3) is 0.263. The third-order valence-corrected chi connectivity index (χ3v) is 4.87. The Morgan fingerprint density at radius 2 is 2.00 bits per heavy atom. The molecule has 0 amide bonds. The lowest BCUT2D eigenvalue weighted by molar-refractivity contribution is -0.145. The number of carbonyl (C=O) groups is 2. The van der Waals surface area contributed by atoms with E-state index in [4.69, 9.17) is 4.74 Å². The molecule has 0 fully saturated rings. The SMILES string of the molecule is Cc1cc(C(=O)CCC(=O)OCc2cc(=O)n3ccccc3n2)c(C)s1. The second kappa shape index (κ2) is 7.61. The van der Waals surface area contributed by atoms with Crippen molar-refractivity contribution in [3.8, 4) is 0 Å². The number of rotatable bonds is 6. The van der Waals surface area contributed by atoms with Crippen LogP contribution in [0.4, 0.5) is 0 Å². The van der Waals surface area contributed by atoms with Crippen molar-refractivity contribution in [3.05, 3.63) is 67.9 Å². The molecule has 0 aliphatic carbocycles. The van der Waals surface area contributed by atoms with Gasteiger partial charge in [0.15, 0.2) is 5.78 Å². The molecule has 0 spiro atoms. The van der Waals surface area contributed by atoms with Crippen molar-refractivity contribution in [2.45, 2.75) is 33.3 Å². The van der Waals surface area contributed by atoms with Crippen LogP contribution in [0.1, 0.15) is 38.6 Å². The van der Waals surface area contributed by atoms with Gasteiger partial charge in [-0.15, -0.1) is 11.3 Å². The summed E-state index contributed by atoms with van der Waals surface area (Å²) in [4.78, 5) is 42.4. The number of thiophene rings is 1. The summed E-state index contributed by atoms with van der Waals surface area (Å²) >= 11 is 1.56. The lowest BCUT2D eigenvalue weighted by Crippen LogP contribution is -2.16. The maximum atomic E-state index is 12.2. The summed E-state index contributed by atoms with van der Waals surface area (Å²) in [5.74, 6) is -0.552. The van der Waals surface area contributed by atoms with Gasteiger partial charge in [-0.1, -0.05) is 6.07 Å². The van der Waals surface area contributed by atoms with Crippen LogP contribution in [0.5, 0.6) is 0 Å². The average molecular weight is 370 g/mol. The number of nitrogens with zero attached hydrogens (tertiary/aromatic N) is 2. The van der Waals surface area contributed by atoms with Gasteiger partial charge in [0, 0.05) is 34.0 Å². The summed E-state index contributed by atoms with van der Waals surface area (Å²) < 4.78 is 6.57. The van der Waals surface area contributed by atoms with Crippen molar-refractivity contribution in [3.63, 3.8) is 0 Å². The number of ketones is 1. The fourth-order valence-corrected chi connectivity index (χ4v) is 3.60. The van der Waals surface area contributed by atoms with Gasteiger partial charge in [0.1, 0.15) is 12.3 Å². The number of fused-ring (bicyclic) bond motifs is 1. The quantitative estimate of drug-likeness (QED) is 0.492. The van der Waals surface area contributed by atoms with E-state index >= 15 is 0 Å². The van der Waals surface area contributed by atoms with E-state index in [1.807, 2.05) is 19.9 Å². The first-order valence-corrected chi connectivity index (χ1v) is 8.99. The highest BCUT2D eigenvalue weighted by atomic mass is 32.1. The summed E-state index contributed by atoms with van der Waals surface area (Å²) in [7, 11) is 0. The molecular weight excluding hydrogens is 352 g/mol.